The molecular formula is C14H15FN4S. The van der Waals surface area contributed by atoms with Crippen LogP contribution in [0.3, 0.4) is 0 Å². The average molecular weight is 290 g/mol. The van der Waals surface area contributed by atoms with Crippen LogP contribution >= 0.6 is 12.2 Å². The first-order valence-corrected chi connectivity index (χ1v) is 6.60. The average Bonchev–Trinajstić information content (AvgIpc) is 2.47. The molecular weight excluding hydrogens is 275 g/mol. The summed E-state index contributed by atoms with van der Waals surface area (Å²) >= 11 is 5.14. The number of nitrogens with zero attached hydrogens (tertiary/aromatic N) is 1. The van der Waals surface area contributed by atoms with Crippen molar-refractivity contribution in [2.24, 2.45) is 0 Å². The normalized spacial score (nSPS) is 9.85. The Kier molecular flexibility index (Phi) is 5.25. The van der Waals surface area contributed by atoms with Crippen molar-refractivity contribution in [3.05, 3.63) is 54.5 Å². The zero-order valence-corrected chi connectivity index (χ0v) is 11.6. The second-order valence-corrected chi connectivity index (χ2v) is 4.44. The number of benzene rings is 1. The highest BCUT2D eigenvalue weighted by atomic mass is 32.1. The number of thiocarbonyl (C=S) groups is 1. The molecule has 0 aliphatic rings. The Labute approximate surface area is 122 Å². The lowest BCUT2D eigenvalue weighted by atomic mass is 10.3. The van der Waals surface area contributed by atoms with Gasteiger partial charge in [-0.1, -0.05) is 6.07 Å². The van der Waals surface area contributed by atoms with E-state index in [4.69, 9.17) is 12.2 Å². The van der Waals surface area contributed by atoms with Crippen LogP contribution in [0.2, 0.25) is 0 Å². The van der Waals surface area contributed by atoms with E-state index in [-0.39, 0.29) is 5.82 Å². The number of halogens is 1. The lowest BCUT2D eigenvalue weighted by molar-refractivity contribution is 0.628. The maximum atomic E-state index is 12.7. The van der Waals surface area contributed by atoms with Crippen molar-refractivity contribution in [3.8, 4) is 0 Å². The molecule has 0 saturated carbocycles. The first-order chi connectivity index (χ1) is 9.74. The Morgan fingerprint density at radius 2 is 1.90 bits per heavy atom. The van der Waals surface area contributed by atoms with Gasteiger partial charge in [0.15, 0.2) is 5.11 Å². The number of nitrogens with one attached hydrogen (secondary N) is 3. The van der Waals surface area contributed by atoms with Gasteiger partial charge in [0.2, 0.25) is 0 Å². The number of hydrogen-bond donors (Lipinski definition) is 3. The van der Waals surface area contributed by atoms with Crippen LogP contribution in [0.15, 0.2) is 48.7 Å². The van der Waals surface area contributed by atoms with E-state index in [0.717, 1.165) is 11.5 Å². The van der Waals surface area contributed by atoms with E-state index in [1.165, 1.54) is 12.1 Å². The predicted octanol–water partition coefficient (Wildman–Crippen LogP) is 2.62. The minimum Gasteiger partial charge on any atom is -0.368 e. The molecule has 0 unspecified atom stereocenters. The quantitative estimate of drug-likeness (QED) is 0.584. The molecule has 0 aliphatic heterocycles. The molecule has 104 valence electrons. The summed E-state index contributed by atoms with van der Waals surface area (Å²) < 4.78 is 12.7. The maximum absolute atomic E-state index is 12.7. The number of anilines is 2. The second-order valence-electron chi connectivity index (χ2n) is 4.03. The van der Waals surface area contributed by atoms with Crippen LogP contribution in [0.5, 0.6) is 0 Å². The molecule has 1 aromatic heterocycles. The summed E-state index contributed by atoms with van der Waals surface area (Å²) in [4.78, 5) is 4.15. The summed E-state index contributed by atoms with van der Waals surface area (Å²) in [5.74, 6) is 0.556. The first-order valence-electron chi connectivity index (χ1n) is 6.19. The van der Waals surface area contributed by atoms with Crippen LogP contribution in [0, 0.1) is 5.82 Å². The zero-order valence-electron chi connectivity index (χ0n) is 10.8. The second kappa shape index (κ2) is 7.40. The van der Waals surface area contributed by atoms with Gasteiger partial charge in [-0.3, -0.25) is 0 Å². The first kappa shape index (κ1) is 14.2. The van der Waals surface area contributed by atoms with Crippen molar-refractivity contribution in [1.29, 1.82) is 0 Å². The molecule has 20 heavy (non-hydrogen) atoms. The van der Waals surface area contributed by atoms with E-state index < -0.39 is 0 Å². The van der Waals surface area contributed by atoms with Crippen molar-refractivity contribution in [2.75, 3.05) is 23.7 Å². The highest BCUT2D eigenvalue weighted by molar-refractivity contribution is 7.80. The van der Waals surface area contributed by atoms with E-state index in [1.807, 2.05) is 18.2 Å². The monoisotopic (exact) mass is 290 g/mol. The van der Waals surface area contributed by atoms with Crippen LogP contribution in [-0.2, 0) is 0 Å². The van der Waals surface area contributed by atoms with Gasteiger partial charge in [-0.25, -0.2) is 9.37 Å². The van der Waals surface area contributed by atoms with Crippen LogP contribution in [0.25, 0.3) is 0 Å². The smallest absolute Gasteiger partial charge is 0.170 e. The number of hydrogen-bond acceptors (Lipinski definition) is 3. The minimum absolute atomic E-state index is 0.269. The summed E-state index contributed by atoms with van der Waals surface area (Å²) in [6.07, 6.45) is 1.73. The van der Waals surface area contributed by atoms with Crippen LogP contribution in [0.4, 0.5) is 15.9 Å². The Balaban J connectivity index is 1.66. The summed E-state index contributed by atoms with van der Waals surface area (Å²) in [5.41, 5.74) is 0.751. The summed E-state index contributed by atoms with van der Waals surface area (Å²) in [5, 5.41) is 9.69. The Bertz CT molecular complexity index is 545. The molecule has 2 rings (SSSR count). The van der Waals surface area contributed by atoms with E-state index in [0.29, 0.717) is 18.2 Å². The van der Waals surface area contributed by atoms with Gasteiger partial charge in [-0.05, 0) is 48.6 Å². The molecule has 1 aromatic carbocycles. The Morgan fingerprint density at radius 3 is 2.60 bits per heavy atom. The summed E-state index contributed by atoms with van der Waals surface area (Å²) in [7, 11) is 0. The van der Waals surface area contributed by atoms with Crippen LogP contribution in [-0.4, -0.2) is 23.2 Å². The zero-order chi connectivity index (χ0) is 14.2. The third kappa shape index (κ3) is 4.81. The van der Waals surface area contributed by atoms with Crippen molar-refractivity contribution >= 4 is 28.8 Å². The molecule has 0 atom stereocenters. The highest BCUT2D eigenvalue weighted by Crippen LogP contribution is 2.07. The fourth-order valence-corrected chi connectivity index (χ4v) is 1.76. The highest BCUT2D eigenvalue weighted by Gasteiger charge is 1.97. The van der Waals surface area contributed by atoms with Gasteiger partial charge in [0, 0.05) is 25.0 Å². The maximum Gasteiger partial charge on any atom is 0.170 e. The molecule has 0 bridgehead atoms. The molecule has 0 saturated heterocycles. The fraction of sp³-hybridized carbons (Fsp3) is 0.143. The third-order valence-electron chi connectivity index (χ3n) is 2.48. The topological polar surface area (TPSA) is 49.0 Å². The van der Waals surface area contributed by atoms with Gasteiger partial charge in [0.05, 0.1) is 0 Å². The molecule has 6 heteroatoms. The third-order valence-corrected chi connectivity index (χ3v) is 2.73. The van der Waals surface area contributed by atoms with Gasteiger partial charge >= 0.3 is 0 Å². The molecule has 0 fully saturated rings. The number of aromatic nitrogens is 1. The van der Waals surface area contributed by atoms with Crippen molar-refractivity contribution in [2.45, 2.75) is 0 Å². The lowest BCUT2D eigenvalue weighted by Crippen LogP contribution is -2.32. The van der Waals surface area contributed by atoms with Crippen molar-refractivity contribution in [1.82, 2.24) is 10.3 Å². The molecule has 1 heterocycles. The largest absolute Gasteiger partial charge is 0.368 e. The van der Waals surface area contributed by atoms with E-state index in [9.17, 15) is 4.39 Å². The van der Waals surface area contributed by atoms with Gasteiger partial charge in [-0.2, -0.15) is 0 Å². The molecule has 0 aliphatic carbocycles. The Morgan fingerprint density at radius 1 is 1.10 bits per heavy atom. The van der Waals surface area contributed by atoms with Gasteiger partial charge in [-0.15, -0.1) is 0 Å². The predicted molar refractivity (Wildman–Crippen MR) is 83.4 cm³/mol. The van der Waals surface area contributed by atoms with Gasteiger partial charge in [0.1, 0.15) is 11.6 Å². The van der Waals surface area contributed by atoms with E-state index >= 15 is 0 Å². The summed E-state index contributed by atoms with van der Waals surface area (Å²) in [6, 6.07) is 11.7. The minimum atomic E-state index is -0.269. The Hall–Kier alpha value is -2.21. The van der Waals surface area contributed by atoms with E-state index in [1.54, 1.807) is 18.3 Å². The molecule has 2 aromatic rings. The molecule has 0 spiro atoms. The van der Waals surface area contributed by atoms with Crippen molar-refractivity contribution in [3.63, 3.8) is 0 Å². The number of pyridine rings is 1. The molecule has 0 amide bonds. The molecule has 0 radical (unpaired) electrons. The standard InChI is InChI=1S/C14H15FN4S/c15-11-4-6-12(7-5-11)19-14(20)18-10-9-17-13-3-1-2-8-16-13/h1-8H,9-10H2,(H,16,17)(H2,18,19,20). The summed E-state index contributed by atoms with van der Waals surface area (Å²) in [6.45, 7) is 1.35. The van der Waals surface area contributed by atoms with Crippen LogP contribution in [0.1, 0.15) is 0 Å². The van der Waals surface area contributed by atoms with Crippen molar-refractivity contribution < 1.29 is 4.39 Å². The fourth-order valence-electron chi connectivity index (χ4n) is 1.54. The molecule has 4 nitrogen and oxygen atoms in total. The SMILES string of the molecule is Fc1ccc(NC(=S)NCCNc2ccccn2)cc1. The van der Waals surface area contributed by atoms with Gasteiger partial charge < -0.3 is 16.0 Å². The van der Waals surface area contributed by atoms with E-state index in [2.05, 4.69) is 20.9 Å². The lowest BCUT2D eigenvalue weighted by Gasteiger charge is -2.11. The molecule has 3 N–H and O–H groups in total. The van der Waals surface area contributed by atoms with Gasteiger partial charge in [0.25, 0.3) is 0 Å². The number of rotatable bonds is 5. The van der Waals surface area contributed by atoms with Crippen LogP contribution < -0.4 is 16.0 Å².